The summed E-state index contributed by atoms with van der Waals surface area (Å²) in [6.07, 6.45) is 0.892. The third kappa shape index (κ3) is 4.60. The average molecular weight is 325 g/mol. The van der Waals surface area contributed by atoms with E-state index in [9.17, 15) is 4.79 Å². The van der Waals surface area contributed by atoms with E-state index in [0.717, 1.165) is 23.3 Å². The summed E-state index contributed by atoms with van der Waals surface area (Å²) in [6.45, 7) is 8.41. The molecule has 0 radical (unpaired) electrons. The van der Waals surface area contributed by atoms with Crippen LogP contribution in [0, 0.1) is 19.8 Å². The second-order valence-corrected chi connectivity index (χ2v) is 6.73. The molecule has 0 aliphatic carbocycles. The summed E-state index contributed by atoms with van der Waals surface area (Å²) in [4.78, 5) is 12.7. The first kappa shape index (κ1) is 18.1. The molecule has 0 fully saturated rings. The second-order valence-electron chi connectivity index (χ2n) is 6.73. The average Bonchev–Trinajstić information content (AvgIpc) is 2.56. The molecule has 0 bridgehead atoms. The largest absolute Gasteiger partial charge is 0.497 e. The number of carbonyl (C=O) groups excluding carboxylic acids is 1. The minimum absolute atomic E-state index is 0.00925. The van der Waals surface area contributed by atoms with Crippen molar-refractivity contribution in [2.75, 3.05) is 7.11 Å². The maximum absolute atomic E-state index is 12.7. The van der Waals surface area contributed by atoms with Gasteiger partial charge < -0.3 is 10.1 Å². The Balaban J connectivity index is 2.20. The molecule has 3 nitrogen and oxygen atoms in total. The van der Waals surface area contributed by atoms with Crippen LogP contribution < -0.4 is 10.1 Å². The fourth-order valence-electron chi connectivity index (χ4n) is 2.71. The zero-order valence-corrected chi connectivity index (χ0v) is 15.2. The van der Waals surface area contributed by atoms with Crippen LogP contribution in [0.25, 0.3) is 0 Å². The fraction of sp³-hybridized carbons (Fsp3) is 0.381. The minimum Gasteiger partial charge on any atom is -0.497 e. The number of aryl methyl sites for hydroxylation is 2. The van der Waals surface area contributed by atoms with Crippen LogP contribution in [0.1, 0.15) is 53.4 Å². The summed E-state index contributed by atoms with van der Waals surface area (Å²) in [5.74, 6) is 1.28. The summed E-state index contributed by atoms with van der Waals surface area (Å²) < 4.78 is 5.22. The lowest BCUT2D eigenvalue weighted by atomic mass is 9.96. The number of nitrogens with one attached hydrogen (secondary N) is 1. The second kappa shape index (κ2) is 8.00. The highest BCUT2D eigenvalue weighted by atomic mass is 16.5. The number of rotatable bonds is 6. The van der Waals surface area contributed by atoms with Gasteiger partial charge >= 0.3 is 0 Å². The van der Waals surface area contributed by atoms with E-state index in [1.165, 1.54) is 5.56 Å². The predicted molar refractivity (Wildman–Crippen MR) is 98.6 cm³/mol. The molecule has 0 spiro atoms. The smallest absolute Gasteiger partial charge is 0.251 e. The highest BCUT2D eigenvalue weighted by Gasteiger charge is 2.17. The quantitative estimate of drug-likeness (QED) is 0.826. The van der Waals surface area contributed by atoms with E-state index in [4.69, 9.17) is 4.74 Å². The number of methoxy groups -OCH3 is 1. The number of hydrogen-bond donors (Lipinski definition) is 1. The molecule has 0 aromatic heterocycles. The molecule has 128 valence electrons. The number of amides is 1. The molecule has 0 aliphatic rings. The molecular weight excluding hydrogens is 298 g/mol. The molecule has 24 heavy (non-hydrogen) atoms. The SMILES string of the molecule is COc1ccc(C(CC(C)C)NC(=O)c2ccc(C)c(C)c2)cc1. The molecule has 2 aromatic carbocycles. The van der Waals surface area contributed by atoms with Gasteiger partial charge in [0.15, 0.2) is 0 Å². The molecule has 1 amide bonds. The van der Waals surface area contributed by atoms with Crippen molar-refractivity contribution in [2.24, 2.45) is 5.92 Å². The van der Waals surface area contributed by atoms with Crippen molar-refractivity contribution < 1.29 is 9.53 Å². The van der Waals surface area contributed by atoms with Crippen molar-refractivity contribution in [1.82, 2.24) is 5.32 Å². The first-order valence-corrected chi connectivity index (χ1v) is 8.42. The monoisotopic (exact) mass is 325 g/mol. The Hall–Kier alpha value is -2.29. The van der Waals surface area contributed by atoms with Crippen LogP contribution in [0.3, 0.4) is 0 Å². The van der Waals surface area contributed by atoms with Crippen LogP contribution in [0.15, 0.2) is 42.5 Å². The molecule has 1 atom stereocenters. The Bertz CT molecular complexity index is 689. The standard InChI is InChI=1S/C21H27NO2/c1-14(2)12-20(17-8-10-19(24-5)11-9-17)22-21(23)18-7-6-15(3)16(4)13-18/h6-11,13-14,20H,12H2,1-5H3,(H,22,23). The van der Waals surface area contributed by atoms with Crippen molar-refractivity contribution in [1.29, 1.82) is 0 Å². The molecule has 0 aliphatic heterocycles. The van der Waals surface area contributed by atoms with E-state index < -0.39 is 0 Å². The van der Waals surface area contributed by atoms with Crippen LogP contribution >= 0.6 is 0 Å². The van der Waals surface area contributed by atoms with Crippen molar-refractivity contribution in [2.45, 2.75) is 40.2 Å². The normalized spacial score (nSPS) is 12.1. The molecule has 2 rings (SSSR count). The molecule has 0 heterocycles. The van der Waals surface area contributed by atoms with Gasteiger partial charge in [-0.3, -0.25) is 4.79 Å². The van der Waals surface area contributed by atoms with Crippen LogP contribution in [0.4, 0.5) is 0 Å². The summed E-state index contributed by atoms with van der Waals surface area (Å²) >= 11 is 0. The number of carbonyl (C=O) groups is 1. The third-order valence-electron chi connectivity index (χ3n) is 4.30. The maximum atomic E-state index is 12.7. The first-order chi connectivity index (χ1) is 11.4. The Morgan fingerprint density at radius 3 is 2.25 bits per heavy atom. The Kier molecular flexibility index (Phi) is 6.02. The van der Waals surface area contributed by atoms with Crippen LogP contribution in [0.2, 0.25) is 0 Å². The highest BCUT2D eigenvalue weighted by molar-refractivity contribution is 5.94. The number of ether oxygens (including phenoxy) is 1. The van der Waals surface area contributed by atoms with Gasteiger partial charge in [-0.1, -0.05) is 32.0 Å². The van der Waals surface area contributed by atoms with E-state index in [0.29, 0.717) is 11.5 Å². The van der Waals surface area contributed by atoms with E-state index in [-0.39, 0.29) is 11.9 Å². The van der Waals surface area contributed by atoms with Gasteiger partial charge in [0.05, 0.1) is 13.2 Å². The third-order valence-corrected chi connectivity index (χ3v) is 4.30. The first-order valence-electron chi connectivity index (χ1n) is 8.42. The zero-order valence-electron chi connectivity index (χ0n) is 15.2. The molecule has 1 unspecified atom stereocenters. The lowest BCUT2D eigenvalue weighted by Crippen LogP contribution is -2.29. The topological polar surface area (TPSA) is 38.3 Å². The van der Waals surface area contributed by atoms with Gasteiger partial charge in [-0.15, -0.1) is 0 Å². The molecule has 3 heteroatoms. The summed E-state index contributed by atoms with van der Waals surface area (Å²) in [7, 11) is 1.65. The van der Waals surface area contributed by atoms with Gasteiger partial charge in [-0.05, 0) is 67.1 Å². The predicted octanol–water partition coefficient (Wildman–Crippen LogP) is 4.83. The van der Waals surface area contributed by atoms with Gasteiger partial charge in [0.1, 0.15) is 5.75 Å². The van der Waals surface area contributed by atoms with Gasteiger partial charge in [0.2, 0.25) is 0 Å². The minimum atomic E-state index is -0.0282. The number of benzene rings is 2. The van der Waals surface area contributed by atoms with Crippen molar-refractivity contribution >= 4 is 5.91 Å². The fourth-order valence-corrected chi connectivity index (χ4v) is 2.71. The van der Waals surface area contributed by atoms with E-state index in [1.807, 2.05) is 49.4 Å². The molecule has 0 saturated carbocycles. The van der Waals surface area contributed by atoms with Gasteiger partial charge in [-0.25, -0.2) is 0 Å². The maximum Gasteiger partial charge on any atom is 0.251 e. The van der Waals surface area contributed by atoms with Crippen LogP contribution in [0.5, 0.6) is 5.75 Å². The summed E-state index contributed by atoms with van der Waals surface area (Å²) in [6, 6.07) is 13.7. The van der Waals surface area contributed by atoms with Crippen LogP contribution in [-0.4, -0.2) is 13.0 Å². The molecule has 2 aromatic rings. The van der Waals surface area contributed by atoms with E-state index in [1.54, 1.807) is 7.11 Å². The number of hydrogen-bond acceptors (Lipinski definition) is 2. The summed E-state index contributed by atoms with van der Waals surface area (Å²) in [5.41, 5.74) is 4.13. The Morgan fingerprint density at radius 2 is 1.71 bits per heavy atom. The Morgan fingerprint density at radius 1 is 1.04 bits per heavy atom. The van der Waals surface area contributed by atoms with Crippen molar-refractivity contribution in [3.05, 3.63) is 64.7 Å². The van der Waals surface area contributed by atoms with E-state index in [2.05, 4.69) is 26.1 Å². The molecule has 1 N–H and O–H groups in total. The lowest BCUT2D eigenvalue weighted by Gasteiger charge is -2.21. The Labute approximate surface area is 145 Å². The summed E-state index contributed by atoms with van der Waals surface area (Å²) in [5, 5.41) is 3.19. The van der Waals surface area contributed by atoms with Crippen LogP contribution in [-0.2, 0) is 0 Å². The van der Waals surface area contributed by atoms with Crippen molar-refractivity contribution in [3.8, 4) is 5.75 Å². The van der Waals surface area contributed by atoms with Gasteiger partial charge in [0, 0.05) is 5.56 Å². The van der Waals surface area contributed by atoms with Gasteiger partial charge in [0.25, 0.3) is 5.91 Å². The molecular formula is C21H27NO2. The van der Waals surface area contributed by atoms with Gasteiger partial charge in [-0.2, -0.15) is 0 Å². The zero-order chi connectivity index (χ0) is 17.7. The van der Waals surface area contributed by atoms with Crippen molar-refractivity contribution in [3.63, 3.8) is 0 Å². The molecule has 0 saturated heterocycles. The van der Waals surface area contributed by atoms with E-state index >= 15 is 0 Å². The highest BCUT2D eigenvalue weighted by Crippen LogP contribution is 2.24. The lowest BCUT2D eigenvalue weighted by molar-refractivity contribution is 0.0932.